The molecule has 0 saturated heterocycles. The lowest BCUT2D eigenvalue weighted by Crippen LogP contribution is -2.39. The van der Waals surface area contributed by atoms with E-state index in [4.69, 9.17) is 12.2 Å². The fourth-order valence-corrected chi connectivity index (χ4v) is 4.00. The first-order chi connectivity index (χ1) is 16.5. The van der Waals surface area contributed by atoms with E-state index in [1.807, 2.05) is 92.0 Å². The van der Waals surface area contributed by atoms with E-state index in [0.717, 1.165) is 33.3 Å². The molecule has 9 heteroatoms. The van der Waals surface area contributed by atoms with E-state index in [1.54, 1.807) is 11.3 Å². The Bertz CT molecular complexity index is 1230. The summed E-state index contributed by atoms with van der Waals surface area (Å²) in [7, 11) is 0. The molecule has 2 aromatic heterocycles. The van der Waals surface area contributed by atoms with Gasteiger partial charge in [-0.25, -0.2) is 15.0 Å². The van der Waals surface area contributed by atoms with Gasteiger partial charge in [0, 0.05) is 33.3 Å². The van der Waals surface area contributed by atoms with Crippen molar-refractivity contribution in [2.45, 2.75) is 20.4 Å². The lowest BCUT2D eigenvalue weighted by Gasteiger charge is -2.14. The van der Waals surface area contributed by atoms with E-state index >= 15 is 0 Å². The summed E-state index contributed by atoms with van der Waals surface area (Å²) in [5.41, 5.74) is 4.63. The van der Waals surface area contributed by atoms with Crippen LogP contribution < -0.4 is 21.3 Å². The predicted molar refractivity (Wildman–Crippen MR) is 146 cm³/mol. The Balaban J connectivity index is 1.41. The first-order valence-corrected chi connectivity index (χ1v) is 12.0. The molecule has 0 spiro atoms. The minimum atomic E-state index is 0.408. The summed E-state index contributed by atoms with van der Waals surface area (Å²) >= 11 is 7.19. The molecule has 4 N–H and O–H groups in total. The summed E-state index contributed by atoms with van der Waals surface area (Å²) in [4.78, 5) is 14.7. The molecule has 0 bridgehead atoms. The zero-order valence-electron chi connectivity index (χ0n) is 18.9. The van der Waals surface area contributed by atoms with Crippen molar-refractivity contribution in [1.29, 1.82) is 0 Å². The molecule has 34 heavy (non-hydrogen) atoms. The van der Waals surface area contributed by atoms with Gasteiger partial charge in [0.15, 0.2) is 5.11 Å². The van der Waals surface area contributed by atoms with Crippen molar-refractivity contribution >= 4 is 57.6 Å². The number of aryl methyl sites for hydroxylation is 2. The fraction of sp³-hybridized carbons (Fsp3) is 0.120. The lowest BCUT2D eigenvalue weighted by atomic mass is 10.2. The van der Waals surface area contributed by atoms with Crippen LogP contribution >= 0.6 is 23.6 Å². The number of thiocarbonyl (C=S) groups is 1. The van der Waals surface area contributed by atoms with E-state index in [1.165, 1.54) is 0 Å². The van der Waals surface area contributed by atoms with Crippen LogP contribution in [0.15, 0.2) is 83.2 Å². The first kappa shape index (κ1) is 23.3. The summed E-state index contributed by atoms with van der Waals surface area (Å²) in [6.07, 6.45) is 0. The number of aliphatic imine (C=N–C) groups is 1. The van der Waals surface area contributed by atoms with Crippen LogP contribution in [0.2, 0.25) is 0 Å². The number of aromatic nitrogens is 2. The molecule has 0 atom stereocenters. The molecule has 0 aliphatic heterocycles. The quantitative estimate of drug-likeness (QED) is 0.154. The molecule has 0 aliphatic carbocycles. The van der Waals surface area contributed by atoms with Crippen molar-refractivity contribution in [1.82, 2.24) is 15.3 Å². The largest absolute Gasteiger partial charge is 0.356 e. The maximum atomic E-state index is 5.54. The number of hydrogen-bond donors (Lipinski definition) is 4. The third-order valence-corrected chi connectivity index (χ3v) is 5.69. The highest BCUT2D eigenvalue weighted by Gasteiger charge is 2.08. The number of guanidine groups is 1. The van der Waals surface area contributed by atoms with Gasteiger partial charge >= 0.3 is 0 Å². The molecular formula is C25H25N7S2. The zero-order chi connectivity index (χ0) is 23.8. The molecule has 0 aliphatic rings. The van der Waals surface area contributed by atoms with Crippen LogP contribution in [0, 0.1) is 13.8 Å². The zero-order valence-corrected chi connectivity index (χ0v) is 20.5. The summed E-state index contributed by atoms with van der Waals surface area (Å²) < 4.78 is 0. The number of para-hydroxylation sites is 1. The van der Waals surface area contributed by atoms with Gasteiger partial charge in [-0.05, 0) is 80.0 Å². The maximum Gasteiger partial charge on any atom is 0.229 e. The van der Waals surface area contributed by atoms with Gasteiger partial charge in [0.1, 0.15) is 0 Å². The molecule has 7 nitrogen and oxygen atoms in total. The average Bonchev–Trinajstić information content (AvgIpc) is 3.33. The molecule has 172 valence electrons. The standard InChI is InChI=1S/C25H25N7S2/c1-17-15-18(2)28-24(27-17)31-23(26-16-22-9-6-14-34-22)32-25(33)30-21-12-10-20(11-13-21)29-19-7-4-3-5-8-19/h3-15,29H,16H2,1-2H3,(H3,26,27,28,30,31,32,33). The van der Waals surface area contributed by atoms with Gasteiger partial charge in [0.25, 0.3) is 0 Å². The van der Waals surface area contributed by atoms with Gasteiger partial charge in [0.2, 0.25) is 11.9 Å². The van der Waals surface area contributed by atoms with Crippen LogP contribution in [0.5, 0.6) is 0 Å². The van der Waals surface area contributed by atoms with Crippen LogP contribution in [-0.4, -0.2) is 21.0 Å². The van der Waals surface area contributed by atoms with Gasteiger partial charge in [-0.15, -0.1) is 11.3 Å². The molecule has 0 fully saturated rings. The summed E-state index contributed by atoms with van der Waals surface area (Å²) in [5, 5.41) is 15.3. The Morgan fingerprint density at radius 1 is 0.853 bits per heavy atom. The Morgan fingerprint density at radius 2 is 1.53 bits per heavy atom. The molecule has 2 aromatic carbocycles. The predicted octanol–water partition coefficient (Wildman–Crippen LogP) is 5.85. The summed E-state index contributed by atoms with van der Waals surface area (Å²) in [5.74, 6) is 0.937. The average molecular weight is 488 g/mol. The highest BCUT2D eigenvalue weighted by Crippen LogP contribution is 2.18. The summed E-state index contributed by atoms with van der Waals surface area (Å²) in [6, 6.07) is 23.9. The third kappa shape index (κ3) is 7.09. The lowest BCUT2D eigenvalue weighted by molar-refractivity contribution is 1.04. The van der Waals surface area contributed by atoms with Crippen molar-refractivity contribution in [2.75, 3.05) is 16.0 Å². The minimum Gasteiger partial charge on any atom is -0.356 e. The highest BCUT2D eigenvalue weighted by atomic mass is 32.1. The molecular weight excluding hydrogens is 462 g/mol. The molecule has 2 heterocycles. The number of rotatable bonds is 6. The number of anilines is 4. The molecule has 0 amide bonds. The van der Waals surface area contributed by atoms with Crippen molar-refractivity contribution in [3.05, 3.63) is 94.4 Å². The molecule has 0 unspecified atom stereocenters. The molecule has 0 saturated carbocycles. The number of benzene rings is 2. The van der Waals surface area contributed by atoms with Gasteiger partial charge in [-0.1, -0.05) is 24.3 Å². The van der Waals surface area contributed by atoms with Crippen molar-refractivity contribution in [3.8, 4) is 0 Å². The smallest absolute Gasteiger partial charge is 0.229 e. The Morgan fingerprint density at radius 3 is 2.21 bits per heavy atom. The van der Waals surface area contributed by atoms with Crippen LogP contribution in [0.1, 0.15) is 16.3 Å². The van der Waals surface area contributed by atoms with Gasteiger partial charge in [0.05, 0.1) is 6.54 Å². The minimum absolute atomic E-state index is 0.408. The number of thiophene rings is 1. The maximum absolute atomic E-state index is 5.54. The monoisotopic (exact) mass is 487 g/mol. The Labute approximate surface area is 208 Å². The Kier molecular flexibility index (Phi) is 7.79. The van der Waals surface area contributed by atoms with E-state index in [0.29, 0.717) is 23.6 Å². The second kappa shape index (κ2) is 11.4. The van der Waals surface area contributed by atoms with Crippen LogP contribution in [-0.2, 0) is 6.54 Å². The van der Waals surface area contributed by atoms with E-state index < -0.39 is 0 Å². The Hall–Kier alpha value is -3.82. The van der Waals surface area contributed by atoms with Gasteiger partial charge in [-0.2, -0.15) is 0 Å². The van der Waals surface area contributed by atoms with Crippen LogP contribution in [0.3, 0.4) is 0 Å². The third-order valence-electron chi connectivity index (χ3n) is 4.62. The second-order valence-electron chi connectivity index (χ2n) is 7.49. The van der Waals surface area contributed by atoms with Gasteiger partial charge < -0.3 is 16.0 Å². The van der Waals surface area contributed by atoms with Crippen LogP contribution in [0.25, 0.3) is 0 Å². The van der Waals surface area contributed by atoms with Gasteiger partial charge in [-0.3, -0.25) is 5.32 Å². The molecule has 4 aromatic rings. The van der Waals surface area contributed by atoms with E-state index in [2.05, 4.69) is 36.2 Å². The van der Waals surface area contributed by atoms with Crippen molar-refractivity contribution in [2.24, 2.45) is 4.99 Å². The fourth-order valence-electron chi connectivity index (χ4n) is 3.15. The van der Waals surface area contributed by atoms with Crippen molar-refractivity contribution in [3.63, 3.8) is 0 Å². The normalized spacial score (nSPS) is 11.1. The topological polar surface area (TPSA) is 86.3 Å². The van der Waals surface area contributed by atoms with E-state index in [-0.39, 0.29) is 0 Å². The van der Waals surface area contributed by atoms with Crippen LogP contribution in [0.4, 0.5) is 23.0 Å². The first-order valence-electron chi connectivity index (χ1n) is 10.7. The number of hydrogen-bond acceptors (Lipinski definition) is 6. The van der Waals surface area contributed by atoms with E-state index in [9.17, 15) is 0 Å². The number of nitrogens with one attached hydrogen (secondary N) is 4. The molecule has 0 radical (unpaired) electrons. The molecule has 4 rings (SSSR count). The second-order valence-corrected chi connectivity index (χ2v) is 8.93. The summed E-state index contributed by atoms with van der Waals surface area (Å²) in [6.45, 7) is 4.37. The van der Waals surface area contributed by atoms with Crippen molar-refractivity contribution < 1.29 is 0 Å². The highest BCUT2D eigenvalue weighted by molar-refractivity contribution is 7.80. The SMILES string of the molecule is Cc1cc(C)nc(NC(=NCc2cccs2)NC(=S)Nc2ccc(Nc3ccccc3)cc2)n1. The number of nitrogens with zero attached hydrogens (tertiary/aromatic N) is 3.